The maximum Gasteiger partial charge on any atom is 0.182 e. The summed E-state index contributed by atoms with van der Waals surface area (Å²) in [4.78, 5) is 9.11. The zero-order valence-electron chi connectivity index (χ0n) is 10.9. The van der Waals surface area contributed by atoms with Crippen LogP contribution in [0.3, 0.4) is 0 Å². The number of H-pyrrole nitrogens is 1. The molecule has 1 aliphatic carbocycles. The van der Waals surface area contributed by atoms with E-state index in [0.717, 1.165) is 28.6 Å². The van der Waals surface area contributed by atoms with Crippen LogP contribution < -0.4 is 0 Å². The third kappa shape index (κ3) is 2.03. The molecule has 0 bridgehead atoms. The highest BCUT2D eigenvalue weighted by atomic mass is 15.2. The van der Waals surface area contributed by atoms with E-state index in [0.29, 0.717) is 5.92 Å². The smallest absolute Gasteiger partial charge is 0.182 e. The molecule has 0 unspecified atom stereocenters. The Balaban J connectivity index is 1.92. The molecule has 3 rings (SSSR count). The molecule has 1 N–H and O–H groups in total. The Kier molecular flexibility index (Phi) is 2.86. The van der Waals surface area contributed by atoms with Gasteiger partial charge >= 0.3 is 0 Å². The Labute approximate surface area is 107 Å². The molecule has 4 nitrogen and oxygen atoms in total. The number of hydrogen-bond donors (Lipinski definition) is 1. The zero-order valence-corrected chi connectivity index (χ0v) is 10.9. The second-order valence-corrected chi connectivity index (χ2v) is 5.11. The van der Waals surface area contributed by atoms with Gasteiger partial charge < -0.3 is 0 Å². The summed E-state index contributed by atoms with van der Waals surface area (Å²) >= 11 is 0. The second-order valence-electron chi connectivity index (χ2n) is 5.11. The summed E-state index contributed by atoms with van der Waals surface area (Å²) in [5.41, 5.74) is 3.05. The number of rotatable bonds is 2. The maximum atomic E-state index is 4.65. The highest BCUT2D eigenvalue weighted by Gasteiger charge is 2.21. The molecule has 1 saturated carbocycles. The van der Waals surface area contributed by atoms with Crippen molar-refractivity contribution in [3.8, 4) is 11.4 Å². The van der Waals surface area contributed by atoms with E-state index in [9.17, 15) is 0 Å². The SMILES string of the molecule is Cc1ccc(-c2n[nH]c(C3CCCC3)n2)c(C)n1. The number of nitrogens with zero attached hydrogens (tertiary/aromatic N) is 3. The van der Waals surface area contributed by atoms with Crippen molar-refractivity contribution in [2.45, 2.75) is 45.4 Å². The summed E-state index contributed by atoms with van der Waals surface area (Å²) in [7, 11) is 0. The van der Waals surface area contributed by atoms with E-state index in [1.165, 1.54) is 25.7 Å². The van der Waals surface area contributed by atoms with Crippen LogP contribution in [0.4, 0.5) is 0 Å². The quantitative estimate of drug-likeness (QED) is 0.880. The second kappa shape index (κ2) is 4.52. The Morgan fingerprint density at radius 1 is 1.11 bits per heavy atom. The molecule has 0 saturated heterocycles. The van der Waals surface area contributed by atoms with E-state index < -0.39 is 0 Å². The Hall–Kier alpha value is -1.71. The highest BCUT2D eigenvalue weighted by Crippen LogP contribution is 2.32. The lowest BCUT2D eigenvalue weighted by Crippen LogP contribution is -1.95. The molecule has 1 fully saturated rings. The van der Waals surface area contributed by atoms with Gasteiger partial charge in [-0.15, -0.1) is 0 Å². The van der Waals surface area contributed by atoms with E-state index in [2.05, 4.69) is 26.2 Å². The van der Waals surface area contributed by atoms with E-state index in [-0.39, 0.29) is 0 Å². The first-order chi connectivity index (χ1) is 8.74. The van der Waals surface area contributed by atoms with Gasteiger partial charge in [-0.2, -0.15) is 5.10 Å². The summed E-state index contributed by atoms with van der Waals surface area (Å²) in [5.74, 6) is 2.40. The van der Waals surface area contributed by atoms with Crippen molar-refractivity contribution < 1.29 is 0 Å². The van der Waals surface area contributed by atoms with Crippen molar-refractivity contribution in [1.82, 2.24) is 20.2 Å². The van der Waals surface area contributed by atoms with Crippen molar-refractivity contribution in [2.75, 3.05) is 0 Å². The van der Waals surface area contributed by atoms with E-state index in [4.69, 9.17) is 0 Å². The van der Waals surface area contributed by atoms with Gasteiger partial charge in [0, 0.05) is 22.9 Å². The molecular weight excluding hydrogens is 224 g/mol. The minimum absolute atomic E-state index is 0.574. The van der Waals surface area contributed by atoms with Crippen LogP contribution in [0.2, 0.25) is 0 Å². The van der Waals surface area contributed by atoms with Crippen LogP contribution in [0.5, 0.6) is 0 Å². The molecule has 0 atom stereocenters. The first kappa shape index (κ1) is 11.4. The lowest BCUT2D eigenvalue weighted by Gasteiger charge is -2.03. The monoisotopic (exact) mass is 242 g/mol. The Morgan fingerprint density at radius 3 is 2.61 bits per heavy atom. The van der Waals surface area contributed by atoms with Gasteiger partial charge in [-0.25, -0.2) is 4.98 Å². The molecular formula is C14H18N4. The van der Waals surface area contributed by atoms with Crippen LogP contribution in [0.25, 0.3) is 11.4 Å². The summed E-state index contributed by atoms with van der Waals surface area (Å²) in [6.07, 6.45) is 5.09. The molecule has 0 spiro atoms. The first-order valence-corrected chi connectivity index (χ1v) is 6.61. The fourth-order valence-electron chi connectivity index (χ4n) is 2.70. The van der Waals surface area contributed by atoms with Crippen LogP contribution in [-0.2, 0) is 0 Å². The van der Waals surface area contributed by atoms with Gasteiger partial charge in [-0.05, 0) is 38.8 Å². The third-order valence-corrected chi connectivity index (χ3v) is 3.71. The van der Waals surface area contributed by atoms with Crippen LogP contribution in [-0.4, -0.2) is 20.2 Å². The van der Waals surface area contributed by atoms with Crippen molar-refractivity contribution in [1.29, 1.82) is 0 Å². The Morgan fingerprint density at radius 2 is 1.89 bits per heavy atom. The minimum Gasteiger partial charge on any atom is -0.262 e. The fraction of sp³-hybridized carbons (Fsp3) is 0.500. The lowest BCUT2D eigenvalue weighted by molar-refractivity contribution is 0.672. The normalized spacial score (nSPS) is 16.3. The van der Waals surface area contributed by atoms with Crippen LogP contribution in [0, 0.1) is 13.8 Å². The molecule has 0 amide bonds. The number of aromatic amines is 1. The number of nitrogens with one attached hydrogen (secondary N) is 1. The van der Waals surface area contributed by atoms with Gasteiger partial charge in [-0.3, -0.25) is 10.1 Å². The summed E-state index contributed by atoms with van der Waals surface area (Å²) < 4.78 is 0. The molecule has 18 heavy (non-hydrogen) atoms. The average Bonchev–Trinajstić information content (AvgIpc) is 2.99. The van der Waals surface area contributed by atoms with E-state index >= 15 is 0 Å². The average molecular weight is 242 g/mol. The van der Waals surface area contributed by atoms with Gasteiger partial charge in [-0.1, -0.05) is 12.8 Å². The van der Waals surface area contributed by atoms with Crippen molar-refractivity contribution in [3.05, 3.63) is 29.3 Å². The predicted molar refractivity (Wildman–Crippen MR) is 70.3 cm³/mol. The fourth-order valence-corrected chi connectivity index (χ4v) is 2.70. The molecule has 94 valence electrons. The standard InChI is InChI=1S/C14H18N4/c1-9-7-8-12(10(2)15-9)14-16-13(17-18-14)11-5-3-4-6-11/h7-8,11H,3-6H2,1-2H3,(H,16,17,18). The summed E-state index contributed by atoms with van der Waals surface area (Å²) in [6.45, 7) is 4.01. The zero-order chi connectivity index (χ0) is 12.5. The number of aromatic nitrogens is 4. The van der Waals surface area contributed by atoms with Gasteiger partial charge in [0.25, 0.3) is 0 Å². The first-order valence-electron chi connectivity index (χ1n) is 6.61. The number of pyridine rings is 1. The van der Waals surface area contributed by atoms with E-state index in [1.54, 1.807) is 0 Å². The molecule has 2 heterocycles. The molecule has 0 aliphatic heterocycles. The topological polar surface area (TPSA) is 54.5 Å². The van der Waals surface area contributed by atoms with Crippen molar-refractivity contribution in [3.63, 3.8) is 0 Å². The van der Waals surface area contributed by atoms with Crippen LogP contribution in [0.15, 0.2) is 12.1 Å². The molecule has 0 radical (unpaired) electrons. The molecule has 2 aromatic rings. The van der Waals surface area contributed by atoms with Gasteiger partial charge in [0.05, 0.1) is 0 Å². The van der Waals surface area contributed by atoms with Gasteiger partial charge in [0.1, 0.15) is 5.82 Å². The van der Waals surface area contributed by atoms with Crippen molar-refractivity contribution >= 4 is 0 Å². The largest absolute Gasteiger partial charge is 0.262 e. The summed E-state index contributed by atoms with van der Waals surface area (Å²) in [6, 6.07) is 4.06. The Bertz CT molecular complexity index is 553. The van der Waals surface area contributed by atoms with Gasteiger partial charge in [0.15, 0.2) is 5.82 Å². The van der Waals surface area contributed by atoms with Crippen LogP contribution in [0.1, 0.15) is 48.8 Å². The maximum absolute atomic E-state index is 4.65. The molecule has 4 heteroatoms. The highest BCUT2D eigenvalue weighted by molar-refractivity contribution is 5.57. The number of hydrogen-bond acceptors (Lipinski definition) is 3. The third-order valence-electron chi connectivity index (χ3n) is 3.71. The van der Waals surface area contributed by atoms with Gasteiger partial charge in [0.2, 0.25) is 0 Å². The predicted octanol–water partition coefficient (Wildman–Crippen LogP) is 3.14. The lowest BCUT2D eigenvalue weighted by atomic mass is 10.1. The summed E-state index contributed by atoms with van der Waals surface area (Å²) in [5, 5.41) is 7.44. The molecule has 1 aliphatic rings. The number of aryl methyl sites for hydroxylation is 2. The molecule has 0 aromatic carbocycles. The van der Waals surface area contributed by atoms with Crippen LogP contribution >= 0.6 is 0 Å². The molecule has 2 aromatic heterocycles. The van der Waals surface area contributed by atoms with Crippen molar-refractivity contribution in [2.24, 2.45) is 0 Å². The van der Waals surface area contributed by atoms with E-state index in [1.807, 2.05) is 19.9 Å². The minimum atomic E-state index is 0.574.